The summed E-state index contributed by atoms with van der Waals surface area (Å²) in [7, 11) is 1.86. The van der Waals surface area contributed by atoms with E-state index in [9.17, 15) is 5.11 Å². The van der Waals surface area contributed by atoms with Crippen LogP contribution in [-0.2, 0) is 0 Å². The molecular weight excluding hydrogens is 286 g/mol. The zero-order valence-corrected chi connectivity index (χ0v) is 13.6. The Kier molecular flexibility index (Phi) is 5.31. The van der Waals surface area contributed by atoms with E-state index in [0.717, 1.165) is 29.4 Å². The van der Waals surface area contributed by atoms with E-state index in [1.807, 2.05) is 37.4 Å². The first-order valence-corrected chi connectivity index (χ1v) is 8.38. The van der Waals surface area contributed by atoms with Crippen LogP contribution in [0.1, 0.15) is 29.9 Å². The minimum atomic E-state index is -0.485. The molecule has 3 nitrogen and oxygen atoms in total. The van der Waals surface area contributed by atoms with E-state index in [2.05, 4.69) is 29.6 Å². The van der Waals surface area contributed by atoms with Crippen molar-refractivity contribution in [1.82, 2.24) is 5.32 Å². The van der Waals surface area contributed by atoms with Gasteiger partial charge in [0.2, 0.25) is 0 Å². The predicted octanol–water partition coefficient (Wildman–Crippen LogP) is 3.19. The van der Waals surface area contributed by atoms with Crippen LogP contribution in [0.2, 0.25) is 0 Å². The van der Waals surface area contributed by atoms with Gasteiger partial charge < -0.3 is 15.2 Å². The van der Waals surface area contributed by atoms with Gasteiger partial charge in [0, 0.05) is 12.5 Å². The van der Waals surface area contributed by atoms with E-state index in [1.165, 1.54) is 12.8 Å². The maximum Gasteiger partial charge on any atom is 0.119 e. The molecule has 3 rings (SSSR count). The number of hydrogen-bond donors (Lipinski definition) is 2. The Morgan fingerprint density at radius 2 is 1.83 bits per heavy atom. The molecule has 0 amide bonds. The van der Waals surface area contributed by atoms with Gasteiger partial charge in [0.25, 0.3) is 0 Å². The average Bonchev–Trinajstić information content (AvgIpc) is 3.39. The van der Waals surface area contributed by atoms with Gasteiger partial charge in [0.1, 0.15) is 5.75 Å². The molecule has 23 heavy (non-hydrogen) atoms. The second-order valence-electron chi connectivity index (χ2n) is 6.34. The molecule has 1 aliphatic carbocycles. The molecule has 2 unspecified atom stereocenters. The monoisotopic (exact) mass is 311 g/mol. The Hall–Kier alpha value is -1.84. The first kappa shape index (κ1) is 16.0. The molecule has 1 fully saturated rings. The van der Waals surface area contributed by atoms with Crippen molar-refractivity contribution in [3.8, 4) is 5.75 Å². The van der Waals surface area contributed by atoms with Crippen LogP contribution in [0.4, 0.5) is 0 Å². The van der Waals surface area contributed by atoms with Crippen LogP contribution in [-0.4, -0.2) is 31.4 Å². The zero-order chi connectivity index (χ0) is 16.1. The van der Waals surface area contributed by atoms with Crippen molar-refractivity contribution in [3.63, 3.8) is 0 Å². The van der Waals surface area contributed by atoms with Crippen LogP contribution in [0.5, 0.6) is 5.75 Å². The smallest absolute Gasteiger partial charge is 0.119 e. The van der Waals surface area contributed by atoms with E-state index in [0.29, 0.717) is 6.54 Å². The van der Waals surface area contributed by atoms with Gasteiger partial charge in [-0.05, 0) is 49.1 Å². The lowest BCUT2D eigenvalue weighted by atomic mass is 9.86. The summed E-state index contributed by atoms with van der Waals surface area (Å²) in [5, 5.41) is 13.7. The first-order valence-electron chi connectivity index (χ1n) is 8.38. The maximum atomic E-state index is 10.6. The lowest BCUT2D eigenvalue weighted by Gasteiger charge is -2.24. The van der Waals surface area contributed by atoms with Crippen molar-refractivity contribution in [2.75, 3.05) is 20.2 Å². The molecule has 2 atom stereocenters. The number of nitrogens with one attached hydrogen (secondary N) is 1. The quantitative estimate of drug-likeness (QED) is 0.787. The molecule has 0 aromatic heterocycles. The molecule has 122 valence electrons. The van der Waals surface area contributed by atoms with E-state index < -0.39 is 6.10 Å². The molecule has 3 heteroatoms. The fourth-order valence-electron chi connectivity index (χ4n) is 2.92. The summed E-state index contributed by atoms with van der Waals surface area (Å²) in [6.45, 7) is 1.35. The van der Waals surface area contributed by atoms with Gasteiger partial charge in [-0.3, -0.25) is 0 Å². The normalized spacial score (nSPS) is 16.8. The van der Waals surface area contributed by atoms with E-state index in [4.69, 9.17) is 4.74 Å². The first-order chi connectivity index (χ1) is 11.3. The number of aliphatic hydroxyl groups excluding tert-OH is 1. The average molecular weight is 311 g/mol. The van der Waals surface area contributed by atoms with Crippen LogP contribution >= 0.6 is 0 Å². The third-order valence-electron chi connectivity index (χ3n) is 4.36. The fourth-order valence-corrected chi connectivity index (χ4v) is 2.92. The van der Waals surface area contributed by atoms with Gasteiger partial charge in [-0.25, -0.2) is 0 Å². The third-order valence-corrected chi connectivity index (χ3v) is 4.36. The lowest BCUT2D eigenvalue weighted by molar-refractivity contribution is 0.156. The summed E-state index contributed by atoms with van der Waals surface area (Å²) in [5.41, 5.74) is 2.21. The van der Waals surface area contributed by atoms with Gasteiger partial charge >= 0.3 is 0 Å². The van der Waals surface area contributed by atoms with Gasteiger partial charge in [-0.1, -0.05) is 42.5 Å². The fraction of sp³-hybridized carbons (Fsp3) is 0.400. The van der Waals surface area contributed by atoms with Crippen molar-refractivity contribution in [2.45, 2.75) is 24.9 Å². The second-order valence-corrected chi connectivity index (χ2v) is 6.34. The Bertz CT molecular complexity index is 610. The minimum absolute atomic E-state index is 0.0619. The van der Waals surface area contributed by atoms with Crippen molar-refractivity contribution in [2.24, 2.45) is 5.92 Å². The molecule has 0 spiro atoms. The Morgan fingerprint density at radius 3 is 2.52 bits per heavy atom. The summed E-state index contributed by atoms with van der Waals surface area (Å²) in [6.07, 6.45) is 2.08. The van der Waals surface area contributed by atoms with Crippen LogP contribution in [0.3, 0.4) is 0 Å². The molecule has 2 aromatic rings. The molecule has 2 N–H and O–H groups in total. The molecule has 0 heterocycles. The summed E-state index contributed by atoms with van der Waals surface area (Å²) < 4.78 is 5.90. The van der Waals surface area contributed by atoms with Crippen LogP contribution in [0.25, 0.3) is 0 Å². The highest BCUT2D eigenvalue weighted by Crippen LogP contribution is 2.32. The van der Waals surface area contributed by atoms with Gasteiger partial charge in [-0.2, -0.15) is 0 Å². The molecule has 1 aliphatic rings. The van der Waals surface area contributed by atoms with Crippen molar-refractivity contribution in [3.05, 3.63) is 65.7 Å². The molecule has 2 aromatic carbocycles. The molecule has 0 radical (unpaired) electrons. The Labute approximate surface area is 138 Å². The highest BCUT2D eigenvalue weighted by atomic mass is 16.5. The molecular formula is C20H25NO2. The van der Waals surface area contributed by atoms with Gasteiger partial charge in [-0.15, -0.1) is 0 Å². The van der Waals surface area contributed by atoms with Crippen LogP contribution in [0, 0.1) is 5.92 Å². The zero-order valence-electron chi connectivity index (χ0n) is 13.6. The van der Waals surface area contributed by atoms with Crippen molar-refractivity contribution in [1.29, 1.82) is 0 Å². The van der Waals surface area contributed by atoms with Crippen molar-refractivity contribution < 1.29 is 9.84 Å². The van der Waals surface area contributed by atoms with Gasteiger partial charge in [0.05, 0.1) is 12.7 Å². The maximum absolute atomic E-state index is 10.6. The number of ether oxygens (including phenoxy) is 1. The Morgan fingerprint density at radius 1 is 1.09 bits per heavy atom. The van der Waals surface area contributed by atoms with E-state index in [-0.39, 0.29) is 5.92 Å². The number of likely N-dealkylation sites (N-methyl/N-ethyl adjacent to an activating group) is 1. The number of aliphatic hydroxyl groups is 1. The molecule has 1 saturated carbocycles. The number of hydrogen-bond acceptors (Lipinski definition) is 3. The van der Waals surface area contributed by atoms with E-state index in [1.54, 1.807) is 0 Å². The van der Waals surface area contributed by atoms with Gasteiger partial charge in [0.15, 0.2) is 0 Å². The second kappa shape index (κ2) is 7.62. The largest absolute Gasteiger partial charge is 0.493 e. The third kappa shape index (κ3) is 4.34. The topological polar surface area (TPSA) is 41.5 Å². The highest BCUT2D eigenvalue weighted by Gasteiger charge is 2.24. The number of benzene rings is 2. The molecule has 0 saturated heterocycles. The summed E-state index contributed by atoms with van der Waals surface area (Å²) in [4.78, 5) is 0. The highest BCUT2D eigenvalue weighted by molar-refractivity contribution is 5.38. The Balaban J connectivity index is 1.84. The van der Waals surface area contributed by atoms with E-state index >= 15 is 0 Å². The lowest BCUT2D eigenvalue weighted by Crippen LogP contribution is -2.30. The summed E-state index contributed by atoms with van der Waals surface area (Å²) in [6, 6.07) is 18.3. The standard InChI is InChI=1S/C20H25NO2/c1-21-13-19(22)20(16-6-3-2-4-7-16)17-8-5-9-18(12-17)23-14-15-10-11-15/h2-9,12,15,19-22H,10-11,13-14H2,1H3. The van der Waals surface area contributed by atoms with Crippen molar-refractivity contribution >= 4 is 0 Å². The number of rotatable bonds is 8. The summed E-state index contributed by atoms with van der Waals surface area (Å²) >= 11 is 0. The van der Waals surface area contributed by atoms with Crippen LogP contribution in [0.15, 0.2) is 54.6 Å². The summed E-state index contributed by atoms with van der Waals surface area (Å²) in [5.74, 6) is 1.57. The molecule has 0 aliphatic heterocycles. The predicted molar refractivity (Wildman–Crippen MR) is 92.9 cm³/mol. The minimum Gasteiger partial charge on any atom is -0.493 e. The SMILES string of the molecule is CNCC(O)C(c1ccccc1)c1cccc(OCC2CC2)c1. The van der Waals surface area contributed by atoms with Crippen LogP contribution < -0.4 is 10.1 Å². The molecule has 0 bridgehead atoms.